The van der Waals surface area contributed by atoms with Crippen LogP contribution in [-0.4, -0.2) is 44.6 Å². The first-order valence-corrected chi connectivity index (χ1v) is 16.8. The molecule has 0 N–H and O–H groups in total. The van der Waals surface area contributed by atoms with Gasteiger partial charge in [-0.3, -0.25) is 4.79 Å². The minimum Gasteiger partial charge on any atom is -0.497 e. The molecular formula is C34H33N5O4S. The van der Waals surface area contributed by atoms with Crippen molar-refractivity contribution in [2.45, 2.75) is 50.2 Å². The van der Waals surface area contributed by atoms with Gasteiger partial charge >= 0.3 is 0 Å². The first-order chi connectivity index (χ1) is 21.4. The van der Waals surface area contributed by atoms with Crippen molar-refractivity contribution in [2.75, 3.05) is 23.5 Å². The van der Waals surface area contributed by atoms with E-state index in [0.717, 1.165) is 58.8 Å². The second kappa shape index (κ2) is 11.1. The normalized spacial score (nSPS) is 21.8. The van der Waals surface area contributed by atoms with Crippen LogP contribution in [0.3, 0.4) is 0 Å². The van der Waals surface area contributed by atoms with Crippen LogP contribution in [0.4, 0.5) is 5.69 Å². The predicted molar refractivity (Wildman–Crippen MR) is 168 cm³/mol. The maximum absolute atomic E-state index is 14.3. The van der Waals surface area contributed by atoms with E-state index < -0.39 is 15.1 Å². The number of carbonyl (C=O) groups is 1. The minimum atomic E-state index is -2.54. The summed E-state index contributed by atoms with van der Waals surface area (Å²) in [6.07, 6.45) is 6.90. The van der Waals surface area contributed by atoms with E-state index in [4.69, 9.17) is 14.7 Å². The number of carbonyl (C=O) groups excluding carboxylic acids is 1. The summed E-state index contributed by atoms with van der Waals surface area (Å²) in [5.41, 5.74) is 4.98. The van der Waals surface area contributed by atoms with Crippen LogP contribution in [0, 0.1) is 11.5 Å². The van der Waals surface area contributed by atoms with Gasteiger partial charge in [-0.05, 0) is 79.3 Å². The molecule has 2 aliphatic heterocycles. The maximum atomic E-state index is 14.3. The van der Waals surface area contributed by atoms with Crippen molar-refractivity contribution >= 4 is 21.3 Å². The molecule has 1 saturated heterocycles. The second-order valence-electron chi connectivity index (χ2n) is 11.7. The molecule has 0 radical (unpaired) electrons. The summed E-state index contributed by atoms with van der Waals surface area (Å²) in [6.45, 7) is 0.411. The zero-order valence-electron chi connectivity index (χ0n) is 24.5. The Kier molecular flexibility index (Phi) is 7.13. The van der Waals surface area contributed by atoms with Crippen molar-refractivity contribution in [3.8, 4) is 34.6 Å². The number of methoxy groups -OCH3 is 1. The van der Waals surface area contributed by atoms with Crippen LogP contribution in [0.25, 0.3) is 16.9 Å². The van der Waals surface area contributed by atoms with E-state index in [0.29, 0.717) is 36.6 Å². The smallest absolute Gasteiger partial charge is 0.238 e. The van der Waals surface area contributed by atoms with E-state index in [9.17, 15) is 9.00 Å². The average molecular weight is 608 g/mol. The van der Waals surface area contributed by atoms with Crippen molar-refractivity contribution < 1.29 is 18.5 Å². The number of amides is 1. The van der Waals surface area contributed by atoms with E-state index in [1.165, 1.54) is 0 Å². The molecular weight excluding hydrogens is 574 g/mol. The molecule has 1 spiro atoms. The van der Waals surface area contributed by atoms with Gasteiger partial charge < -0.3 is 14.4 Å². The number of anilines is 1. The van der Waals surface area contributed by atoms with Crippen LogP contribution in [0.1, 0.15) is 43.2 Å². The summed E-state index contributed by atoms with van der Waals surface area (Å²) in [7, 11) is -0.901. The van der Waals surface area contributed by atoms with E-state index in [1.807, 2.05) is 76.3 Å². The number of para-hydroxylation sites is 1. The highest BCUT2D eigenvalue weighted by atomic mass is 32.2. The highest BCUT2D eigenvalue weighted by Gasteiger charge is 2.55. The fraction of sp³-hybridized carbons (Fsp3) is 0.324. The zero-order chi connectivity index (χ0) is 30.3. The van der Waals surface area contributed by atoms with Crippen LogP contribution >= 0.6 is 0 Å². The molecule has 3 heterocycles. The van der Waals surface area contributed by atoms with Gasteiger partial charge in [-0.2, -0.15) is 10.4 Å². The highest BCUT2D eigenvalue weighted by molar-refractivity contribution is 7.93. The van der Waals surface area contributed by atoms with E-state index >= 15 is 0 Å². The first kappa shape index (κ1) is 28.2. The van der Waals surface area contributed by atoms with Gasteiger partial charge in [-0.1, -0.05) is 36.8 Å². The van der Waals surface area contributed by atoms with Crippen LogP contribution in [0.2, 0.25) is 0 Å². The highest BCUT2D eigenvalue weighted by Crippen LogP contribution is 2.57. The van der Waals surface area contributed by atoms with E-state index in [2.05, 4.69) is 15.5 Å². The number of hydrogen-bond donors (Lipinski definition) is 0. The molecule has 224 valence electrons. The van der Waals surface area contributed by atoms with Gasteiger partial charge in [0.05, 0.1) is 52.1 Å². The van der Waals surface area contributed by atoms with Crippen molar-refractivity contribution in [1.82, 2.24) is 9.78 Å². The van der Waals surface area contributed by atoms with Gasteiger partial charge in [-0.15, -0.1) is 4.36 Å². The fourth-order valence-electron chi connectivity index (χ4n) is 6.68. The summed E-state index contributed by atoms with van der Waals surface area (Å²) in [5.74, 6) is 2.13. The standard InChI is InChI=1S/C34H33N5O4S/c1-42-27-10-8-24(9-11-27)22-38-32-29(34(33(38)40)15-5-16-34)20-25(30-12-17-36-39(30)26-6-3-2-4-7-26)21-31(32)43-28-13-18-44(41,19-14-28)37-23-35/h2-4,6-12,17,20-21,28H,5,13-16,18-19,22H2,1H3. The van der Waals surface area contributed by atoms with E-state index in [1.54, 1.807) is 19.5 Å². The lowest BCUT2D eigenvalue weighted by Gasteiger charge is -2.37. The SMILES string of the molecule is COc1ccc(CN2C(=O)C3(CCC3)c3cc(-c4ccnn4-c4ccccc4)cc(OC4CCS(=O)(=NC#N)CC4)c32)cc1. The number of ether oxygens (including phenoxy) is 2. The van der Waals surface area contributed by atoms with Gasteiger partial charge in [0.15, 0.2) is 0 Å². The first-order valence-electron chi connectivity index (χ1n) is 14.9. The molecule has 1 saturated carbocycles. The van der Waals surface area contributed by atoms with Gasteiger partial charge in [0.25, 0.3) is 0 Å². The van der Waals surface area contributed by atoms with Crippen molar-refractivity contribution in [3.63, 3.8) is 0 Å². The molecule has 44 heavy (non-hydrogen) atoms. The Balaban J connectivity index is 1.34. The van der Waals surface area contributed by atoms with Crippen molar-refractivity contribution in [2.24, 2.45) is 4.36 Å². The number of hydrogen-bond acceptors (Lipinski definition) is 7. The fourth-order valence-corrected chi connectivity index (χ4v) is 8.48. The largest absolute Gasteiger partial charge is 0.497 e. The number of nitriles is 1. The van der Waals surface area contributed by atoms with Crippen molar-refractivity contribution in [1.29, 1.82) is 5.26 Å². The summed E-state index contributed by atoms with van der Waals surface area (Å²) >= 11 is 0. The Morgan fingerprint density at radius 1 is 1.07 bits per heavy atom. The molecule has 2 fully saturated rings. The third kappa shape index (κ3) is 4.81. The zero-order valence-corrected chi connectivity index (χ0v) is 25.3. The van der Waals surface area contributed by atoms with E-state index in [-0.39, 0.29) is 12.0 Å². The summed E-state index contributed by atoms with van der Waals surface area (Å²) in [6, 6.07) is 23.9. The predicted octanol–water partition coefficient (Wildman–Crippen LogP) is 6.01. The third-order valence-corrected chi connectivity index (χ3v) is 11.3. The molecule has 1 aliphatic carbocycles. The Morgan fingerprint density at radius 3 is 2.48 bits per heavy atom. The Bertz CT molecular complexity index is 1870. The summed E-state index contributed by atoms with van der Waals surface area (Å²) in [4.78, 5) is 16.2. The number of aromatic nitrogens is 2. The molecule has 0 bridgehead atoms. The number of fused-ring (bicyclic) bond motifs is 2. The minimum absolute atomic E-state index is 0.104. The van der Waals surface area contributed by atoms with Gasteiger partial charge in [-0.25, -0.2) is 8.89 Å². The van der Waals surface area contributed by atoms with Crippen LogP contribution in [0.15, 0.2) is 83.4 Å². The summed E-state index contributed by atoms with van der Waals surface area (Å²) in [5, 5.41) is 13.6. The lowest BCUT2D eigenvalue weighted by molar-refractivity contribution is -0.126. The molecule has 0 atom stereocenters. The Labute approximate surface area is 257 Å². The number of rotatable bonds is 7. The van der Waals surface area contributed by atoms with Crippen LogP contribution < -0.4 is 14.4 Å². The lowest BCUT2D eigenvalue weighted by Crippen LogP contribution is -2.44. The molecule has 10 heteroatoms. The molecule has 4 aromatic rings. The molecule has 3 aliphatic rings. The molecule has 1 amide bonds. The lowest BCUT2D eigenvalue weighted by atomic mass is 9.65. The van der Waals surface area contributed by atoms with Gasteiger partial charge in [0, 0.05) is 17.1 Å². The topological polar surface area (TPSA) is 110 Å². The Hall–Kier alpha value is -4.62. The maximum Gasteiger partial charge on any atom is 0.238 e. The van der Waals surface area contributed by atoms with Crippen LogP contribution in [0.5, 0.6) is 11.5 Å². The third-order valence-electron chi connectivity index (χ3n) is 9.18. The molecule has 0 unspecified atom stereocenters. The molecule has 9 nitrogen and oxygen atoms in total. The molecule has 7 rings (SSSR count). The van der Waals surface area contributed by atoms with Gasteiger partial charge in [0.1, 0.15) is 17.6 Å². The van der Waals surface area contributed by atoms with Gasteiger partial charge in [0.2, 0.25) is 12.1 Å². The number of benzene rings is 3. The average Bonchev–Trinajstić information content (AvgIpc) is 3.61. The second-order valence-corrected chi connectivity index (χ2v) is 14.2. The van der Waals surface area contributed by atoms with Crippen molar-refractivity contribution in [3.05, 3.63) is 90.1 Å². The molecule has 3 aromatic carbocycles. The molecule has 1 aromatic heterocycles. The van der Waals surface area contributed by atoms with Crippen LogP contribution in [-0.2, 0) is 26.5 Å². The summed E-state index contributed by atoms with van der Waals surface area (Å²) < 4.78 is 30.7. The monoisotopic (exact) mass is 607 g/mol. The Morgan fingerprint density at radius 2 is 1.82 bits per heavy atom. The quantitative estimate of drug-likeness (QED) is 0.238. The number of nitrogens with zero attached hydrogens (tertiary/aromatic N) is 5.